The highest BCUT2D eigenvalue weighted by molar-refractivity contribution is 7.87. The summed E-state index contributed by atoms with van der Waals surface area (Å²) in [5.41, 5.74) is 0.829. The molecule has 8 heteroatoms. The Hall–Kier alpha value is -1.40. The Morgan fingerprint density at radius 1 is 1.00 bits per heavy atom. The average molecular weight is 403 g/mol. The molecule has 0 N–H and O–H groups in total. The van der Waals surface area contributed by atoms with Crippen LogP contribution in [0.2, 0.25) is 15.1 Å². The normalized spacial score (nSPS) is 18.5. The Morgan fingerprint density at radius 3 is 2.33 bits per heavy atom. The van der Waals surface area contributed by atoms with Gasteiger partial charge in [0.25, 0.3) is 5.91 Å². The third-order valence-corrected chi connectivity index (χ3v) is 6.49. The van der Waals surface area contributed by atoms with Crippen molar-refractivity contribution in [2.24, 2.45) is 0 Å². The van der Waals surface area contributed by atoms with E-state index in [0.717, 1.165) is 0 Å². The second-order valence-electron chi connectivity index (χ2n) is 5.15. The quantitative estimate of drug-likeness (QED) is 0.564. The summed E-state index contributed by atoms with van der Waals surface area (Å²) in [6.07, 6.45) is 0. The van der Waals surface area contributed by atoms with E-state index in [-0.39, 0.29) is 20.0 Å². The van der Waals surface area contributed by atoms with Gasteiger partial charge < -0.3 is 4.90 Å². The number of ketones is 1. The predicted molar refractivity (Wildman–Crippen MR) is 95.9 cm³/mol. The molecule has 24 heavy (non-hydrogen) atoms. The number of para-hydroxylation sites is 1. The summed E-state index contributed by atoms with van der Waals surface area (Å²) in [6.45, 7) is 0. The molecule has 1 aliphatic rings. The number of rotatable bonds is 2. The molecule has 0 aromatic heterocycles. The number of carbonyl (C=O) groups excluding carboxylic acids is 2. The van der Waals surface area contributed by atoms with Crippen LogP contribution >= 0.6 is 34.8 Å². The van der Waals surface area contributed by atoms with Crippen molar-refractivity contribution in [1.29, 1.82) is 0 Å². The van der Waals surface area contributed by atoms with Gasteiger partial charge in [-0.05, 0) is 24.3 Å². The van der Waals surface area contributed by atoms with Gasteiger partial charge in [-0.25, -0.2) is 0 Å². The van der Waals surface area contributed by atoms with E-state index >= 15 is 0 Å². The number of amides is 1. The Labute approximate surface area is 155 Å². The first-order valence-electron chi connectivity index (χ1n) is 6.79. The van der Waals surface area contributed by atoms with E-state index in [4.69, 9.17) is 34.8 Å². The van der Waals surface area contributed by atoms with Gasteiger partial charge >= 0.3 is 0 Å². The third kappa shape index (κ3) is 2.75. The molecule has 1 heterocycles. The molecule has 0 radical (unpaired) electrons. The first-order valence-corrected chi connectivity index (χ1v) is 9.13. The van der Waals surface area contributed by atoms with Crippen molar-refractivity contribution in [3.63, 3.8) is 0 Å². The van der Waals surface area contributed by atoms with Crippen LogP contribution in [0.4, 0.5) is 5.69 Å². The van der Waals surface area contributed by atoms with Crippen molar-refractivity contribution in [3.8, 4) is 0 Å². The van der Waals surface area contributed by atoms with Crippen LogP contribution in [0.5, 0.6) is 0 Å². The fourth-order valence-corrected chi connectivity index (χ4v) is 4.74. The lowest BCUT2D eigenvalue weighted by Gasteiger charge is -2.30. The largest absolute Gasteiger partial charge is 0.313 e. The molecule has 0 saturated heterocycles. The van der Waals surface area contributed by atoms with E-state index in [1.165, 1.54) is 24.1 Å². The van der Waals surface area contributed by atoms with Gasteiger partial charge in [0.2, 0.25) is 0 Å². The number of hydrogen-bond acceptors (Lipinski definition) is 3. The molecule has 0 saturated carbocycles. The van der Waals surface area contributed by atoms with Crippen molar-refractivity contribution < 1.29 is 13.8 Å². The van der Waals surface area contributed by atoms with E-state index in [2.05, 4.69) is 0 Å². The number of Topliss-reactive ketones (excluding diaryl/α,β-unsaturated/α-hetero) is 1. The van der Waals surface area contributed by atoms with E-state index in [0.29, 0.717) is 11.3 Å². The molecule has 0 aliphatic carbocycles. The summed E-state index contributed by atoms with van der Waals surface area (Å²) in [4.78, 5) is 26.7. The molecular weight excluding hydrogens is 393 g/mol. The van der Waals surface area contributed by atoms with Gasteiger partial charge in [-0.1, -0.05) is 46.9 Å². The van der Waals surface area contributed by atoms with Gasteiger partial charge in [-0.15, -0.1) is 0 Å². The Morgan fingerprint density at radius 2 is 1.62 bits per heavy atom. The maximum absolute atomic E-state index is 12.9. The molecule has 1 aliphatic heterocycles. The lowest BCUT2D eigenvalue weighted by Crippen LogP contribution is -2.48. The highest BCUT2D eigenvalue weighted by atomic mass is 35.5. The van der Waals surface area contributed by atoms with Crippen LogP contribution in [0.15, 0.2) is 41.3 Å². The van der Waals surface area contributed by atoms with Gasteiger partial charge in [0.1, 0.15) is 0 Å². The summed E-state index contributed by atoms with van der Waals surface area (Å²) < 4.78 is 12.9. The summed E-state index contributed by atoms with van der Waals surface area (Å²) in [5, 5.41) is -0.940. The number of anilines is 1. The number of hydrogen-bond donors (Lipinski definition) is 0. The molecule has 0 spiro atoms. The fraction of sp³-hybridized carbons (Fsp3) is 0.125. The van der Waals surface area contributed by atoms with Crippen LogP contribution in [0.3, 0.4) is 0 Å². The number of nitrogens with zero attached hydrogens (tertiary/aromatic N) is 1. The standard InChI is InChI=1S/C16H10Cl3NO3S/c1-20-12-5-3-2-4-8(12)14(21)15(16(20)22)24(23)13-7-10(18)9(17)6-11(13)19/h2-7,15H,1H3. The van der Waals surface area contributed by atoms with Crippen LogP contribution in [-0.4, -0.2) is 28.2 Å². The number of halogens is 3. The molecular formula is C16H10Cl3NO3S. The van der Waals surface area contributed by atoms with Crippen molar-refractivity contribution in [1.82, 2.24) is 0 Å². The second kappa shape index (κ2) is 6.48. The van der Waals surface area contributed by atoms with Gasteiger partial charge in [-0.2, -0.15) is 0 Å². The van der Waals surface area contributed by atoms with Crippen molar-refractivity contribution in [2.45, 2.75) is 10.1 Å². The molecule has 3 rings (SSSR count). The molecule has 2 atom stereocenters. The first kappa shape index (κ1) is 17.4. The maximum Gasteiger partial charge on any atom is 0.250 e. The lowest BCUT2D eigenvalue weighted by molar-refractivity contribution is -0.117. The zero-order valence-corrected chi connectivity index (χ0v) is 15.3. The van der Waals surface area contributed by atoms with E-state index < -0.39 is 27.7 Å². The summed E-state index contributed by atoms with van der Waals surface area (Å²) in [5.74, 6) is -1.06. The van der Waals surface area contributed by atoms with Crippen LogP contribution in [-0.2, 0) is 15.6 Å². The topological polar surface area (TPSA) is 54.5 Å². The summed E-state index contributed by atoms with van der Waals surface area (Å²) >= 11 is 17.9. The number of fused-ring (bicyclic) bond motifs is 1. The van der Waals surface area contributed by atoms with Crippen molar-refractivity contribution >= 4 is 63.0 Å². The van der Waals surface area contributed by atoms with Crippen molar-refractivity contribution in [2.75, 3.05) is 11.9 Å². The number of carbonyl (C=O) groups is 2. The molecule has 124 valence electrons. The highest BCUT2D eigenvalue weighted by Gasteiger charge is 2.42. The van der Waals surface area contributed by atoms with E-state index in [1.807, 2.05) is 0 Å². The predicted octanol–water partition coefficient (Wildman–Crippen LogP) is 3.98. The minimum atomic E-state index is -2.00. The second-order valence-corrected chi connectivity index (χ2v) is 7.88. The van der Waals surface area contributed by atoms with E-state index in [9.17, 15) is 13.8 Å². The summed E-state index contributed by atoms with van der Waals surface area (Å²) in [7, 11) is -0.468. The SMILES string of the molecule is CN1C(=O)C(S(=O)c2cc(Cl)c(Cl)cc2Cl)C(=O)c2ccccc21. The molecule has 2 aromatic carbocycles. The minimum absolute atomic E-state index is 0.0878. The minimum Gasteiger partial charge on any atom is -0.313 e. The monoisotopic (exact) mass is 401 g/mol. The zero-order chi connectivity index (χ0) is 17.6. The average Bonchev–Trinajstić information content (AvgIpc) is 2.56. The van der Waals surface area contributed by atoms with Gasteiger partial charge in [-0.3, -0.25) is 13.8 Å². The molecule has 2 unspecified atom stereocenters. The third-order valence-electron chi connectivity index (χ3n) is 3.73. The molecule has 0 bridgehead atoms. The van der Waals surface area contributed by atoms with Gasteiger partial charge in [0.05, 0.1) is 36.5 Å². The molecule has 2 aromatic rings. The van der Waals surface area contributed by atoms with E-state index in [1.54, 1.807) is 24.3 Å². The van der Waals surface area contributed by atoms with Gasteiger partial charge in [0, 0.05) is 12.6 Å². The van der Waals surface area contributed by atoms with Crippen LogP contribution in [0.25, 0.3) is 0 Å². The van der Waals surface area contributed by atoms with Crippen LogP contribution < -0.4 is 4.90 Å². The van der Waals surface area contributed by atoms with Crippen LogP contribution in [0.1, 0.15) is 10.4 Å². The fourth-order valence-electron chi connectivity index (χ4n) is 2.50. The first-order chi connectivity index (χ1) is 11.3. The smallest absolute Gasteiger partial charge is 0.250 e. The molecule has 4 nitrogen and oxygen atoms in total. The van der Waals surface area contributed by atoms with Crippen molar-refractivity contribution in [3.05, 3.63) is 57.0 Å². The van der Waals surface area contributed by atoms with Crippen LogP contribution in [0, 0.1) is 0 Å². The number of benzene rings is 2. The highest BCUT2D eigenvalue weighted by Crippen LogP contribution is 2.35. The summed E-state index contributed by atoms with van der Waals surface area (Å²) in [6, 6.07) is 9.34. The Kier molecular flexibility index (Phi) is 4.71. The Balaban J connectivity index is 2.10. The molecule has 1 amide bonds. The van der Waals surface area contributed by atoms with Gasteiger partial charge in [0.15, 0.2) is 11.0 Å². The maximum atomic E-state index is 12.9. The lowest BCUT2D eigenvalue weighted by atomic mass is 10.00. The Bertz CT molecular complexity index is 900. The zero-order valence-electron chi connectivity index (χ0n) is 12.3. The molecule has 0 fully saturated rings.